The number of aromatic nitrogens is 3. The van der Waals surface area contributed by atoms with E-state index in [0.29, 0.717) is 5.16 Å². The quantitative estimate of drug-likeness (QED) is 0.439. The highest BCUT2D eigenvalue weighted by Crippen LogP contribution is 2.39. The summed E-state index contributed by atoms with van der Waals surface area (Å²) in [6, 6.07) is 23.9. The van der Waals surface area contributed by atoms with Crippen LogP contribution in [0.2, 0.25) is 0 Å². The maximum atomic E-state index is 13.6. The summed E-state index contributed by atoms with van der Waals surface area (Å²) in [5, 5.41) is 12.2. The van der Waals surface area contributed by atoms with E-state index in [4.69, 9.17) is 0 Å². The van der Waals surface area contributed by atoms with E-state index in [1.807, 2.05) is 79.2 Å². The van der Waals surface area contributed by atoms with Crippen molar-refractivity contribution < 1.29 is 4.79 Å². The summed E-state index contributed by atoms with van der Waals surface area (Å²) in [7, 11) is 0. The Labute approximate surface area is 197 Å². The molecule has 1 aliphatic rings. The minimum absolute atomic E-state index is 0.0630. The van der Waals surface area contributed by atoms with E-state index >= 15 is 0 Å². The van der Waals surface area contributed by atoms with Crippen molar-refractivity contribution in [1.82, 2.24) is 14.9 Å². The molecule has 4 aromatic rings. The third-order valence-corrected chi connectivity index (χ3v) is 7.03. The molecule has 0 spiro atoms. The second-order valence-electron chi connectivity index (χ2n) is 8.33. The van der Waals surface area contributed by atoms with E-state index in [-0.39, 0.29) is 11.9 Å². The smallest absolute Gasteiger partial charge is 0.240 e. The summed E-state index contributed by atoms with van der Waals surface area (Å²) in [6.07, 6.45) is 0. The van der Waals surface area contributed by atoms with Crippen molar-refractivity contribution in [2.75, 3.05) is 10.7 Å². The number of nitrogens with one attached hydrogen (secondary N) is 2. The molecule has 2 N–H and O–H groups in total. The lowest BCUT2D eigenvalue weighted by atomic mass is 10.0. The fraction of sp³-hybridized carbons (Fsp3) is 0.192. The molecule has 33 heavy (non-hydrogen) atoms. The van der Waals surface area contributed by atoms with E-state index in [0.717, 1.165) is 33.8 Å². The highest BCUT2D eigenvalue weighted by Gasteiger charge is 2.38. The van der Waals surface area contributed by atoms with Crippen LogP contribution in [-0.4, -0.2) is 26.0 Å². The summed E-state index contributed by atoms with van der Waals surface area (Å²) in [4.78, 5) is 13.6. The molecule has 166 valence electrons. The molecule has 0 unspecified atom stereocenters. The van der Waals surface area contributed by atoms with E-state index < -0.39 is 5.25 Å². The van der Waals surface area contributed by atoms with Gasteiger partial charge in [-0.3, -0.25) is 4.79 Å². The van der Waals surface area contributed by atoms with Gasteiger partial charge in [0.25, 0.3) is 0 Å². The summed E-state index contributed by atoms with van der Waals surface area (Å²) in [5.41, 5.74) is 9.68. The maximum absolute atomic E-state index is 13.6. The van der Waals surface area contributed by atoms with Crippen LogP contribution in [0.3, 0.4) is 0 Å². The number of fused-ring (bicyclic) bond motifs is 1. The van der Waals surface area contributed by atoms with Crippen LogP contribution in [0, 0.1) is 20.8 Å². The topological polar surface area (TPSA) is 71.8 Å². The van der Waals surface area contributed by atoms with Crippen LogP contribution in [0.5, 0.6) is 0 Å². The van der Waals surface area contributed by atoms with Crippen LogP contribution in [0.4, 0.5) is 5.69 Å². The van der Waals surface area contributed by atoms with Gasteiger partial charge in [0.1, 0.15) is 5.25 Å². The molecule has 1 amide bonds. The Morgan fingerprint density at radius 1 is 0.939 bits per heavy atom. The van der Waals surface area contributed by atoms with Gasteiger partial charge in [-0.1, -0.05) is 90.1 Å². The standard InChI is InChI=1S/C26H25N5OS/c1-16-14-17(2)21(18(3)15-16)27-25(32)23-22(19-10-6-4-7-11-19)30-31-24(28-29-26(31)33-23)20-12-8-5-9-13-20/h4-15,22-23,30H,1-3H3,(H,27,32)/t22-,23+/m1/s1. The van der Waals surface area contributed by atoms with E-state index in [1.165, 1.54) is 17.3 Å². The molecule has 5 rings (SSSR count). The first-order valence-electron chi connectivity index (χ1n) is 10.9. The van der Waals surface area contributed by atoms with Gasteiger partial charge >= 0.3 is 0 Å². The predicted molar refractivity (Wildman–Crippen MR) is 133 cm³/mol. The minimum atomic E-state index is -0.423. The Morgan fingerprint density at radius 3 is 2.24 bits per heavy atom. The second-order valence-corrected chi connectivity index (χ2v) is 9.44. The Kier molecular flexibility index (Phi) is 5.64. The van der Waals surface area contributed by atoms with Crippen LogP contribution in [0.15, 0.2) is 78.0 Å². The molecule has 0 radical (unpaired) electrons. The highest BCUT2D eigenvalue weighted by atomic mass is 32.2. The van der Waals surface area contributed by atoms with Gasteiger partial charge in [-0.15, -0.1) is 10.2 Å². The fourth-order valence-corrected chi connectivity index (χ4v) is 5.39. The molecule has 6 nitrogen and oxygen atoms in total. The van der Waals surface area contributed by atoms with Gasteiger partial charge < -0.3 is 10.7 Å². The Hall–Kier alpha value is -3.58. The zero-order valence-electron chi connectivity index (χ0n) is 18.7. The number of benzene rings is 3. The monoisotopic (exact) mass is 455 g/mol. The number of hydrogen-bond acceptors (Lipinski definition) is 5. The van der Waals surface area contributed by atoms with Crippen LogP contribution in [0.25, 0.3) is 11.4 Å². The molecule has 2 atom stereocenters. The number of aryl methyl sites for hydroxylation is 3. The third-order valence-electron chi connectivity index (χ3n) is 5.81. The van der Waals surface area contributed by atoms with Crippen molar-refractivity contribution in [2.24, 2.45) is 0 Å². The lowest BCUT2D eigenvalue weighted by Crippen LogP contribution is -2.41. The summed E-state index contributed by atoms with van der Waals surface area (Å²) in [6.45, 7) is 6.12. The SMILES string of the molecule is Cc1cc(C)c(NC(=O)[C@H]2Sc3nnc(-c4ccccc4)n3N[C@@H]2c2ccccc2)c(C)c1. The molecule has 1 aromatic heterocycles. The number of anilines is 1. The van der Waals surface area contributed by atoms with Gasteiger partial charge in [0.2, 0.25) is 11.1 Å². The first-order chi connectivity index (χ1) is 16.0. The Bertz CT molecular complexity index is 1280. The zero-order valence-corrected chi connectivity index (χ0v) is 19.6. The Morgan fingerprint density at radius 2 is 1.58 bits per heavy atom. The number of nitrogens with zero attached hydrogens (tertiary/aromatic N) is 3. The van der Waals surface area contributed by atoms with Crippen molar-refractivity contribution >= 4 is 23.4 Å². The molecule has 0 aliphatic carbocycles. The number of amides is 1. The number of rotatable bonds is 4. The molecule has 0 saturated heterocycles. The van der Waals surface area contributed by atoms with Crippen molar-refractivity contribution in [2.45, 2.75) is 37.2 Å². The molecule has 7 heteroatoms. The van der Waals surface area contributed by atoms with Crippen molar-refractivity contribution in [3.63, 3.8) is 0 Å². The average molecular weight is 456 g/mol. The number of carbonyl (C=O) groups excluding carboxylic acids is 1. The number of thioether (sulfide) groups is 1. The minimum Gasteiger partial charge on any atom is -0.325 e. The summed E-state index contributed by atoms with van der Waals surface area (Å²) < 4.78 is 1.89. The third kappa shape index (κ3) is 4.12. The van der Waals surface area contributed by atoms with Crippen LogP contribution in [0.1, 0.15) is 28.3 Å². The molecular weight excluding hydrogens is 430 g/mol. The van der Waals surface area contributed by atoms with Gasteiger partial charge in [-0.2, -0.15) is 0 Å². The van der Waals surface area contributed by atoms with E-state index in [9.17, 15) is 4.79 Å². The second kappa shape index (κ2) is 8.75. The zero-order chi connectivity index (χ0) is 22.9. The number of carbonyl (C=O) groups is 1. The van der Waals surface area contributed by atoms with E-state index in [1.54, 1.807) is 0 Å². The fourth-order valence-electron chi connectivity index (χ4n) is 4.31. The molecule has 3 aromatic carbocycles. The molecular formula is C26H25N5OS. The lowest BCUT2D eigenvalue weighted by molar-refractivity contribution is -0.116. The van der Waals surface area contributed by atoms with Crippen LogP contribution < -0.4 is 10.7 Å². The summed E-state index contributed by atoms with van der Waals surface area (Å²) in [5.74, 6) is 0.662. The molecule has 0 saturated carbocycles. The van der Waals surface area contributed by atoms with Gasteiger partial charge in [0.05, 0.1) is 6.04 Å². The van der Waals surface area contributed by atoms with Crippen molar-refractivity contribution in [3.05, 3.63) is 95.1 Å². The summed E-state index contributed by atoms with van der Waals surface area (Å²) >= 11 is 1.43. The van der Waals surface area contributed by atoms with Crippen molar-refractivity contribution in [1.29, 1.82) is 0 Å². The molecule has 0 fully saturated rings. The first kappa shape index (κ1) is 21.3. The normalized spacial score (nSPS) is 17.2. The largest absolute Gasteiger partial charge is 0.325 e. The van der Waals surface area contributed by atoms with Gasteiger partial charge in [-0.05, 0) is 37.5 Å². The lowest BCUT2D eigenvalue weighted by Gasteiger charge is -2.33. The predicted octanol–water partition coefficient (Wildman–Crippen LogP) is 5.27. The van der Waals surface area contributed by atoms with Gasteiger partial charge in [-0.25, -0.2) is 4.68 Å². The maximum Gasteiger partial charge on any atom is 0.240 e. The molecule has 0 bridgehead atoms. The van der Waals surface area contributed by atoms with Crippen molar-refractivity contribution in [3.8, 4) is 11.4 Å². The number of hydrogen-bond donors (Lipinski definition) is 2. The average Bonchev–Trinajstić information content (AvgIpc) is 3.24. The van der Waals surface area contributed by atoms with Crippen LogP contribution >= 0.6 is 11.8 Å². The molecule has 1 aliphatic heterocycles. The molecule has 2 heterocycles. The van der Waals surface area contributed by atoms with Crippen LogP contribution in [-0.2, 0) is 4.79 Å². The van der Waals surface area contributed by atoms with Gasteiger partial charge in [0, 0.05) is 11.3 Å². The van der Waals surface area contributed by atoms with Gasteiger partial charge in [0.15, 0.2) is 5.82 Å². The van der Waals surface area contributed by atoms with E-state index in [2.05, 4.69) is 40.0 Å². The highest BCUT2D eigenvalue weighted by molar-refractivity contribution is 8.00. The first-order valence-corrected chi connectivity index (χ1v) is 11.8. The Balaban J connectivity index is 1.52.